The van der Waals surface area contributed by atoms with Crippen molar-refractivity contribution in [3.05, 3.63) is 0 Å². The molecule has 0 bridgehead atoms. The summed E-state index contributed by atoms with van der Waals surface area (Å²) in [5.74, 6) is 0.283. The van der Waals surface area contributed by atoms with Gasteiger partial charge in [-0.15, -0.1) is 0 Å². The molecule has 1 N–H and O–H groups in total. The third-order valence-corrected chi connectivity index (χ3v) is 6.04. The number of piperazine rings is 1. The predicted octanol–water partition coefficient (Wildman–Crippen LogP) is 0.484. The topological polar surface area (TPSA) is 52.7 Å². The van der Waals surface area contributed by atoms with Crippen molar-refractivity contribution in [1.82, 2.24) is 14.5 Å². The highest BCUT2D eigenvalue weighted by Crippen LogP contribution is 2.18. The van der Waals surface area contributed by atoms with Gasteiger partial charge < -0.3 is 5.32 Å². The lowest BCUT2D eigenvalue weighted by atomic mass is 10.2. The summed E-state index contributed by atoms with van der Waals surface area (Å²) in [6, 6.07) is 0.994. The molecule has 0 amide bonds. The Morgan fingerprint density at radius 2 is 2.00 bits per heavy atom. The van der Waals surface area contributed by atoms with Gasteiger partial charge in [0.25, 0.3) is 0 Å². The Morgan fingerprint density at radius 3 is 2.58 bits per heavy atom. The molecule has 1 heterocycles. The van der Waals surface area contributed by atoms with E-state index >= 15 is 0 Å². The van der Waals surface area contributed by atoms with Crippen LogP contribution in [-0.2, 0) is 10.0 Å². The summed E-state index contributed by atoms with van der Waals surface area (Å²) in [6.45, 7) is 8.22. The first-order valence-electron chi connectivity index (χ1n) is 7.48. The molecule has 112 valence electrons. The summed E-state index contributed by atoms with van der Waals surface area (Å²) in [6.07, 6.45) is 3.23. The molecule has 0 radical (unpaired) electrons. The van der Waals surface area contributed by atoms with E-state index < -0.39 is 10.0 Å². The quantitative estimate of drug-likeness (QED) is 0.693. The fraction of sp³-hybridized carbons (Fsp3) is 1.00. The second-order valence-corrected chi connectivity index (χ2v) is 7.82. The molecule has 1 saturated heterocycles. The second kappa shape index (κ2) is 6.52. The Kier molecular flexibility index (Phi) is 5.22. The molecule has 2 aliphatic rings. The van der Waals surface area contributed by atoms with E-state index in [2.05, 4.69) is 24.1 Å². The fourth-order valence-corrected chi connectivity index (χ4v) is 4.23. The molecule has 0 aromatic rings. The number of rotatable bonds is 7. The van der Waals surface area contributed by atoms with Gasteiger partial charge >= 0.3 is 0 Å². The maximum absolute atomic E-state index is 12.3. The molecule has 1 atom stereocenters. The summed E-state index contributed by atoms with van der Waals surface area (Å²) in [7, 11) is -3.06. The van der Waals surface area contributed by atoms with E-state index in [0.29, 0.717) is 25.2 Å². The van der Waals surface area contributed by atoms with Gasteiger partial charge in [-0.2, -0.15) is 4.31 Å². The molecule has 1 saturated carbocycles. The molecule has 1 unspecified atom stereocenters. The highest BCUT2D eigenvalue weighted by atomic mass is 32.2. The van der Waals surface area contributed by atoms with Crippen molar-refractivity contribution in [3.63, 3.8) is 0 Å². The molecule has 1 aliphatic heterocycles. The van der Waals surface area contributed by atoms with E-state index in [1.807, 2.05) is 0 Å². The average molecular weight is 289 g/mol. The third kappa shape index (κ3) is 4.41. The van der Waals surface area contributed by atoms with Crippen LogP contribution in [0.15, 0.2) is 0 Å². The molecule has 19 heavy (non-hydrogen) atoms. The van der Waals surface area contributed by atoms with Crippen molar-refractivity contribution < 1.29 is 8.42 Å². The Labute approximate surface area is 117 Å². The molecular weight excluding hydrogens is 262 g/mol. The van der Waals surface area contributed by atoms with Gasteiger partial charge in [0.05, 0.1) is 5.75 Å². The molecular formula is C13H27N3O2S. The lowest BCUT2D eigenvalue weighted by molar-refractivity contribution is 0.135. The van der Waals surface area contributed by atoms with Crippen LogP contribution in [0.2, 0.25) is 0 Å². The number of nitrogens with zero attached hydrogens (tertiary/aromatic N) is 2. The van der Waals surface area contributed by atoms with Crippen molar-refractivity contribution in [2.45, 2.75) is 45.2 Å². The van der Waals surface area contributed by atoms with Crippen molar-refractivity contribution in [2.24, 2.45) is 0 Å². The van der Waals surface area contributed by atoms with E-state index in [0.717, 1.165) is 26.1 Å². The normalized spacial score (nSPS) is 26.7. The van der Waals surface area contributed by atoms with Crippen LogP contribution >= 0.6 is 0 Å². The number of nitrogens with one attached hydrogen (secondary N) is 1. The first kappa shape index (κ1) is 15.2. The van der Waals surface area contributed by atoms with E-state index in [-0.39, 0.29) is 5.75 Å². The minimum atomic E-state index is -3.06. The van der Waals surface area contributed by atoms with E-state index in [9.17, 15) is 8.42 Å². The second-order valence-electron chi connectivity index (χ2n) is 5.73. The summed E-state index contributed by atoms with van der Waals surface area (Å²) >= 11 is 0. The summed E-state index contributed by atoms with van der Waals surface area (Å²) in [5, 5.41) is 3.37. The molecule has 0 aromatic heterocycles. The minimum Gasteiger partial charge on any atom is -0.314 e. The molecule has 0 spiro atoms. The zero-order valence-corrected chi connectivity index (χ0v) is 13.0. The molecule has 6 heteroatoms. The Bertz CT molecular complexity index is 381. The highest BCUT2D eigenvalue weighted by Gasteiger charge is 2.30. The average Bonchev–Trinajstić information content (AvgIpc) is 3.18. The van der Waals surface area contributed by atoms with Crippen LogP contribution in [0.4, 0.5) is 0 Å². The Morgan fingerprint density at radius 1 is 1.26 bits per heavy atom. The van der Waals surface area contributed by atoms with Gasteiger partial charge in [0, 0.05) is 31.7 Å². The van der Waals surface area contributed by atoms with Crippen LogP contribution < -0.4 is 5.32 Å². The van der Waals surface area contributed by atoms with Gasteiger partial charge in [-0.25, -0.2) is 8.42 Å². The lowest BCUT2D eigenvalue weighted by Gasteiger charge is -2.38. The molecule has 2 rings (SSSR count). The lowest BCUT2D eigenvalue weighted by Crippen LogP contribution is -2.53. The maximum Gasteiger partial charge on any atom is 0.214 e. The van der Waals surface area contributed by atoms with E-state index in [1.54, 1.807) is 4.31 Å². The van der Waals surface area contributed by atoms with Crippen molar-refractivity contribution in [3.8, 4) is 0 Å². The van der Waals surface area contributed by atoms with Gasteiger partial charge in [-0.3, -0.25) is 4.90 Å². The first-order valence-corrected chi connectivity index (χ1v) is 9.09. The standard InChI is InChI=1S/C13H27N3O2S/c1-3-15-8-9-16(11-12(15)2)19(17,18)10-4-7-14-13-5-6-13/h12-14H,3-11H2,1-2H3. The number of hydrogen-bond donors (Lipinski definition) is 1. The van der Waals surface area contributed by atoms with Crippen LogP contribution in [0.1, 0.15) is 33.1 Å². The molecule has 2 fully saturated rings. The first-order chi connectivity index (χ1) is 9.03. The van der Waals surface area contributed by atoms with Crippen molar-refractivity contribution in [1.29, 1.82) is 0 Å². The Hall–Kier alpha value is -0.170. The zero-order chi connectivity index (χ0) is 13.9. The van der Waals surface area contributed by atoms with Gasteiger partial charge in [0.15, 0.2) is 0 Å². The molecule has 5 nitrogen and oxygen atoms in total. The predicted molar refractivity (Wildman–Crippen MR) is 77.7 cm³/mol. The number of hydrogen-bond acceptors (Lipinski definition) is 4. The SMILES string of the molecule is CCN1CCN(S(=O)(=O)CCCNC2CC2)CC1C. The van der Waals surface area contributed by atoms with Gasteiger partial charge in [0.2, 0.25) is 10.0 Å². The highest BCUT2D eigenvalue weighted by molar-refractivity contribution is 7.89. The monoisotopic (exact) mass is 289 g/mol. The van der Waals surface area contributed by atoms with E-state index in [1.165, 1.54) is 12.8 Å². The van der Waals surface area contributed by atoms with Crippen molar-refractivity contribution in [2.75, 3.05) is 38.5 Å². The van der Waals surface area contributed by atoms with Gasteiger partial charge in [-0.05, 0) is 39.3 Å². The maximum atomic E-state index is 12.3. The number of sulfonamides is 1. The summed E-state index contributed by atoms with van der Waals surface area (Å²) < 4.78 is 26.2. The minimum absolute atomic E-state index is 0.283. The number of likely N-dealkylation sites (N-methyl/N-ethyl adjacent to an activating group) is 1. The summed E-state index contributed by atoms with van der Waals surface area (Å²) in [4.78, 5) is 2.33. The van der Waals surface area contributed by atoms with Crippen LogP contribution in [-0.4, -0.2) is 68.2 Å². The van der Waals surface area contributed by atoms with Crippen LogP contribution in [0.3, 0.4) is 0 Å². The van der Waals surface area contributed by atoms with Gasteiger partial charge in [0.1, 0.15) is 0 Å². The largest absolute Gasteiger partial charge is 0.314 e. The fourth-order valence-electron chi connectivity index (χ4n) is 2.66. The Balaban J connectivity index is 1.75. The van der Waals surface area contributed by atoms with Crippen LogP contribution in [0, 0.1) is 0 Å². The summed E-state index contributed by atoms with van der Waals surface area (Å²) in [5.41, 5.74) is 0. The van der Waals surface area contributed by atoms with E-state index in [4.69, 9.17) is 0 Å². The van der Waals surface area contributed by atoms with Crippen LogP contribution in [0.25, 0.3) is 0 Å². The third-order valence-electron chi connectivity index (χ3n) is 4.12. The van der Waals surface area contributed by atoms with Crippen molar-refractivity contribution >= 4 is 10.0 Å². The smallest absolute Gasteiger partial charge is 0.214 e. The molecule has 0 aromatic carbocycles. The van der Waals surface area contributed by atoms with Crippen LogP contribution in [0.5, 0.6) is 0 Å². The molecule has 1 aliphatic carbocycles. The zero-order valence-electron chi connectivity index (χ0n) is 12.1. The van der Waals surface area contributed by atoms with Gasteiger partial charge in [-0.1, -0.05) is 6.92 Å².